The molecule has 2 heterocycles. The number of nitrogens with one attached hydrogen (secondary N) is 1. The minimum Gasteiger partial charge on any atom is -0.383 e. The fourth-order valence-electron chi connectivity index (χ4n) is 3.36. The van der Waals surface area contributed by atoms with Gasteiger partial charge in [0.2, 0.25) is 11.8 Å². The van der Waals surface area contributed by atoms with E-state index in [0.29, 0.717) is 45.5 Å². The molecule has 0 bridgehead atoms. The predicted molar refractivity (Wildman–Crippen MR) is 109 cm³/mol. The van der Waals surface area contributed by atoms with Gasteiger partial charge in [0.15, 0.2) is 0 Å². The van der Waals surface area contributed by atoms with Gasteiger partial charge in [-0.25, -0.2) is 4.98 Å². The van der Waals surface area contributed by atoms with Crippen molar-refractivity contribution in [1.29, 1.82) is 0 Å². The van der Waals surface area contributed by atoms with Crippen molar-refractivity contribution in [2.75, 3.05) is 33.4 Å². The predicted octanol–water partition coefficient (Wildman–Crippen LogP) is 2.28. The highest BCUT2D eigenvalue weighted by atomic mass is 32.1. The number of amides is 2. The molecule has 0 aliphatic carbocycles. The Bertz CT molecular complexity index is 770. The van der Waals surface area contributed by atoms with E-state index in [1.807, 2.05) is 28.5 Å². The van der Waals surface area contributed by atoms with Crippen molar-refractivity contribution in [2.24, 2.45) is 5.92 Å². The lowest BCUT2D eigenvalue weighted by atomic mass is 9.95. The fourth-order valence-corrected chi connectivity index (χ4v) is 4.19. The minimum atomic E-state index is -0.0161. The number of methoxy groups -OCH3 is 1. The van der Waals surface area contributed by atoms with Crippen molar-refractivity contribution in [1.82, 2.24) is 15.2 Å². The average Bonchev–Trinajstić information content (AvgIpc) is 3.15. The molecule has 2 amide bonds. The zero-order chi connectivity index (χ0) is 19.8. The van der Waals surface area contributed by atoms with Crippen LogP contribution in [0.5, 0.6) is 0 Å². The summed E-state index contributed by atoms with van der Waals surface area (Å²) in [6, 6.07) is 10.2. The summed E-state index contributed by atoms with van der Waals surface area (Å²) in [6.07, 6.45) is 2.54. The third kappa shape index (κ3) is 5.87. The van der Waals surface area contributed by atoms with Gasteiger partial charge in [0.05, 0.1) is 23.7 Å². The first-order valence-corrected chi connectivity index (χ1v) is 10.6. The van der Waals surface area contributed by atoms with Gasteiger partial charge in [0.1, 0.15) is 0 Å². The molecule has 0 saturated carbocycles. The Morgan fingerprint density at radius 2 is 2.00 bits per heavy atom. The first-order valence-electron chi connectivity index (χ1n) is 9.67. The third-order valence-electron chi connectivity index (χ3n) is 4.95. The second kappa shape index (κ2) is 10.3. The quantitative estimate of drug-likeness (QED) is 0.689. The van der Waals surface area contributed by atoms with Gasteiger partial charge in [-0.15, -0.1) is 11.3 Å². The molecule has 1 aromatic carbocycles. The van der Waals surface area contributed by atoms with Crippen LogP contribution in [-0.2, 0) is 27.2 Å². The first-order chi connectivity index (χ1) is 13.7. The fraction of sp³-hybridized carbons (Fsp3) is 0.476. The van der Waals surface area contributed by atoms with Gasteiger partial charge in [-0.1, -0.05) is 30.3 Å². The van der Waals surface area contributed by atoms with E-state index in [9.17, 15) is 9.59 Å². The molecule has 0 spiro atoms. The second-order valence-corrected chi connectivity index (χ2v) is 7.95. The number of aromatic nitrogens is 1. The summed E-state index contributed by atoms with van der Waals surface area (Å²) in [6.45, 7) is 2.30. The second-order valence-electron chi connectivity index (χ2n) is 7.01. The molecule has 150 valence electrons. The van der Waals surface area contributed by atoms with Crippen LogP contribution in [0.1, 0.15) is 29.1 Å². The Balaban J connectivity index is 1.44. The molecule has 1 fully saturated rings. The number of likely N-dealkylation sites (tertiary alicyclic amines) is 1. The highest BCUT2D eigenvalue weighted by molar-refractivity contribution is 7.09. The molecule has 1 aromatic heterocycles. The molecule has 1 aliphatic heterocycles. The van der Waals surface area contributed by atoms with Crippen LogP contribution in [0.2, 0.25) is 0 Å². The summed E-state index contributed by atoms with van der Waals surface area (Å²) in [5.41, 5.74) is 2.06. The van der Waals surface area contributed by atoms with Crippen LogP contribution in [0.25, 0.3) is 0 Å². The summed E-state index contributed by atoms with van der Waals surface area (Å²) in [5, 5.41) is 5.89. The van der Waals surface area contributed by atoms with Crippen molar-refractivity contribution < 1.29 is 14.3 Å². The zero-order valence-electron chi connectivity index (χ0n) is 16.2. The van der Waals surface area contributed by atoms with Crippen LogP contribution >= 0.6 is 11.3 Å². The highest BCUT2D eigenvalue weighted by Gasteiger charge is 2.27. The highest BCUT2D eigenvalue weighted by Crippen LogP contribution is 2.20. The van der Waals surface area contributed by atoms with Crippen LogP contribution < -0.4 is 5.32 Å². The minimum absolute atomic E-state index is 0.0161. The standard InChI is InChI=1S/C21H27N3O3S/c1-27-12-9-22-21(26)17-7-10-24(11-8-17)20(25)14-18-15-28-19(23-18)13-16-5-3-2-4-6-16/h2-6,15,17H,7-14H2,1H3,(H,22,26). The number of piperidine rings is 1. The van der Waals surface area contributed by atoms with Crippen molar-refractivity contribution in [2.45, 2.75) is 25.7 Å². The van der Waals surface area contributed by atoms with E-state index in [0.717, 1.165) is 17.1 Å². The summed E-state index contributed by atoms with van der Waals surface area (Å²) < 4.78 is 4.95. The van der Waals surface area contributed by atoms with Gasteiger partial charge in [-0.05, 0) is 18.4 Å². The van der Waals surface area contributed by atoms with Gasteiger partial charge < -0.3 is 15.0 Å². The molecule has 6 nitrogen and oxygen atoms in total. The Kier molecular flexibility index (Phi) is 7.56. The first kappa shape index (κ1) is 20.5. The number of rotatable bonds is 8. The number of ether oxygens (including phenoxy) is 1. The van der Waals surface area contributed by atoms with Gasteiger partial charge in [-0.3, -0.25) is 9.59 Å². The van der Waals surface area contributed by atoms with Gasteiger partial charge in [0.25, 0.3) is 0 Å². The summed E-state index contributed by atoms with van der Waals surface area (Å²) in [4.78, 5) is 31.2. The topological polar surface area (TPSA) is 71.5 Å². The SMILES string of the molecule is COCCNC(=O)C1CCN(C(=O)Cc2csc(Cc3ccccc3)n2)CC1. The number of hydrogen-bond acceptors (Lipinski definition) is 5. The van der Waals surface area contributed by atoms with E-state index in [2.05, 4.69) is 22.4 Å². The van der Waals surface area contributed by atoms with Crippen LogP contribution in [0.4, 0.5) is 0 Å². The number of nitrogens with zero attached hydrogens (tertiary/aromatic N) is 2. The molecule has 1 saturated heterocycles. The Morgan fingerprint density at radius 1 is 1.25 bits per heavy atom. The van der Waals surface area contributed by atoms with Crippen molar-refractivity contribution in [3.8, 4) is 0 Å². The van der Waals surface area contributed by atoms with Gasteiger partial charge in [0, 0.05) is 44.5 Å². The number of benzene rings is 1. The normalized spacial score (nSPS) is 14.8. The van der Waals surface area contributed by atoms with Crippen LogP contribution in [-0.4, -0.2) is 55.0 Å². The maximum absolute atomic E-state index is 12.6. The van der Waals surface area contributed by atoms with E-state index in [4.69, 9.17) is 4.74 Å². The number of thiazole rings is 1. The van der Waals surface area contributed by atoms with Crippen molar-refractivity contribution in [3.63, 3.8) is 0 Å². The lowest BCUT2D eigenvalue weighted by molar-refractivity contribution is -0.135. The molecule has 7 heteroatoms. The monoisotopic (exact) mass is 401 g/mol. The maximum Gasteiger partial charge on any atom is 0.228 e. The third-order valence-corrected chi connectivity index (χ3v) is 5.85. The number of carbonyl (C=O) groups is 2. The Hall–Kier alpha value is -2.25. The smallest absolute Gasteiger partial charge is 0.228 e. The zero-order valence-corrected chi connectivity index (χ0v) is 17.0. The Labute approximate surface area is 169 Å². The van der Waals surface area contributed by atoms with Crippen LogP contribution in [0.15, 0.2) is 35.7 Å². The van der Waals surface area contributed by atoms with E-state index >= 15 is 0 Å². The molecule has 1 aliphatic rings. The molecule has 28 heavy (non-hydrogen) atoms. The summed E-state index contributed by atoms with van der Waals surface area (Å²) in [5.74, 6) is 0.140. The van der Waals surface area contributed by atoms with Crippen LogP contribution in [0, 0.1) is 5.92 Å². The molecule has 0 unspecified atom stereocenters. The average molecular weight is 402 g/mol. The molecule has 1 N–H and O–H groups in total. The van der Waals surface area contributed by atoms with Crippen molar-refractivity contribution >= 4 is 23.2 Å². The lowest BCUT2D eigenvalue weighted by Gasteiger charge is -2.31. The lowest BCUT2D eigenvalue weighted by Crippen LogP contribution is -2.44. The van der Waals surface area contributed by atoms with E-state index < -0.39 is 0 Å². The Morgan fingerprint density at radius 3 is 2.71 bits per heavy atom. The number of hydrogen-bond donors (Lipinski definition) is 1. The molecule has 2 aromatic rings. The maximum atomic E-state index is 12.6. The molecule has 3 rings (SSSR count). The number of carbonyl (C=O) groups excluding carboxylic acids is 2. The van der Waals surface area contributed by atoms with Gasteiger partial charge in [-0.2, -0.15) is 0 Å². The van der Waals surface area contributed by atoms with E-state index in [1.165, 1.54) is 5.56 Å². The molecular weight excluding hydrogens is 374 g/mol. The van der Waals surface area contributed by atoms with Crippen molar-refractivity contribution in [3.05, 3.63) is 52.0 Å². The van der Waals surface area contributed by atoms with Crippen LogP contribution in [0.3, 0.4) is 0 Å². The largest absolute Gasteiger partial charge is 0.383 e. The molecule has 0 radical (unpaired) electrons. The van der Waals surface area contributed by atoms with E-state index in [1.54, 1.807) is 18.4 Å². The molecular formula is C21H27N3O3S. The van der Waals surface area contributed by atoms with Gasteiger partial charge >= 0.3 is 0 Å². The summed E-state index contributed by atoms with van der Waals surface area (Å²) in [7, 11) is 1.61. The van der Waals surface area contributed by atoms with E-state index in [-0.39, 0.29) is 17.7 Å². The summed E-state index contributed by atoms with van der Waals surface area (Å²) >= 11 is 1.60. The molecule has 0 atom stereocenters.